The van der Waals surface area contributed by atoms with E-state index in [1.54, 1.807) is 41.5 Å². The van der Waals surface area contributed by atoms with Gasteiger partial charge < -0.3 is 0 Å². The summed E-state index contributed by atoms with van der Waals surface area (Å²) in [4.78, 5) is 2.63. The highest BCUT2D eigenvalue weighted by Crippen LogP contribution is 2.42. The van der Waals surface area contributed by atoms with Crippen LogP contribution in [0.25, 0.3) is 22.3 Å². The van der Waals surface area contributed by atoms with Crippen LogP contribution in [0, 0.1) is 146 Å². The quantitative estimate of drug-likeness (QED) is 0.118. The molecule has 0 N–H and O–H groups in total. The van der Waals surface area contributed by atoms with Gasteiger partial charge in [-0.2, -0.15) is 26.3 Å². The summed E-state index contributed by atoms with van der Waals surface area (Å²) < 4.78 is 111. The van der Waals surface area contributed by atoms with Gasteiger partial charge in [0.1, 0.15) is 11.6 Å². The third kappa shape index (κ3) is 17.1. The Bertz CT molecular complexity index is 3290. The standard InChI is InChI=1S/C22H22.C18H18F6Si.C16H18S.C10H12F2.C10H20/c1-15-5-7-21(13-17(15)3)19-9-11-20(12-10-19)22-8-6-16(2)18(4)14-22;1-11-5-7-15(9-13(11)3)25(17(19,20)21,18(22,23)24)16-8-6-12(2)14(4)10-16;1-11-5-7-15(9-13(11)3)17-16-8-6-12(2)14(4)10-16;1-5-6(2)10(12)8(4)7(3)9(5)11;1-7-5-9(3)10(4)6-8(7)2/h5-14H,1-4H3;5-10H,1-4H3;5-10H,1-4H3;1-4H3;7-10H,5-6H2,1-4H3. The van der Waals surface area contributed by atoms with Crippen LogP contribution < -0.4 is 10.4 Å². The van der Waals surface area contributed by atoms with Gasteiger partial charge in [-0.05, 0) is 293 Å². The van der Waals surface area contributed by atoms with Gasteiger partial charge in [0, 0.05) is 9.79 Å². The van der Waals surface area contributed by atoms with E-state index in [0.717, 1.165) is 47.9 Å². The Kier molecular flexibility index (Phi) is 24.3. The highest BCUT2D eigenvalue weighted by atomic mass is 32.2. The van der Waals surface area contributed by atoms with Crippen LogP contribution in [0.3, 0.4) is 0 Å². The van der Waals surface area contributed by atoms with Gasteiger partial charge in [-0.3, -0.25) is 0 Å². The van der Waals surface area contributed by atoms with Crippen LogP contribution >= 0.6 is 11.8 Å². The lowest BCUT2D eigenvalue weighted by atomic mass is 9.71. The van der Waals surface area contributed by atoms with Gasteiger partial charge in [0.05, 0.1) is 0 Å². The largest absolute Gasteiger partial charge is 0.381 e. The summed E-state index contributed by atoms with van der Waals surface area (Å²) in [6, 6.07) is 42.2. The molecular weight excluding hydrogens is 1120 g/mol. The normalized spacial score (nSPS) is 15.9. The van der Waals surface area contributed by atoms with Crippen molar-refractivity contribution in [2.24, 2.45) is 23.7 Å². The minimum atomic E-state index is -6.06. The lowest BCUT2D eigenvalue weighted by Gasteiger charge is -2.36. The van der Waals surface area contributed by atoms with E-state index >= 15 is 0 Å². The summed E-state index contributed by atoms with van der Waals surface area (Å²) in [6.45, 7) is 39.6. The molecule has 460 valence electrons. The molecule has 0 amide bonds. The molecule has 0 heterocycles. The molecule has 0 saturated heterocycles. The first-order chi connectivity index (χ1) is 40.0. The molecule has 0 bridgehead atoms. The van der Waals surface area contributed by atoms with Crippen molar-refractivity contribution in [3.05, 3.63) is 234 Å². The predicted octanol–water partition coefficient (Wildman–Crippen LogP) is 22.5. The maximum Gasteiger partial charge on any atom is 0.381 e. The Labute approximate surface area is 515 Å². The maximum atomic E-state index is 14.0. The van der Waals surface area contributed by atoms with Gasteiger partial charge >= 0.3 is 19.7 Å². The van der Waals surface area contributed by atoms with E-state index < -0.39 is 30.0 Å². The van der Waals surface area contributed by atoms with Crippen LogP contribution in [-0.4, -0.2) is 19.7 Å². The van der Waals surface area contributed by atoms with Crippen LogP contribution in [0.2, 0.25) is 0 Å². The fourth-order valence-corrected chi connectivity index (χ4v) is 15.2. The first kappa shape index (κ1) is 70.5. The molecule has 0 nitrogen and oxygen atoms in total. The van der Waals surface area contributed by atoms with Crippen molar-refractivity contribution < 1.29 is 35.1 Å². The predicted molar refractivity (Wildman–Crippen MR) is 352 cm³/mol. The highest BCUT2D eigenvalue weighted by molar-refractivity contribution is 7.99. The first-order valence-corrected chi connectivity index (χ1v) is 32.6. The molecule has 1 fully saturated rings. The zero-order valence-corrected chi connectivity index (χ0v) is 56.2. The molecule has 86 heavy (non-hydrogen) atoms. The Morgan fingerprint density at radius 2 is 0.535 bits per heavy atom. The molecule has 0 aliphatic heterocycles. The minimum Gasteiger partial charge on any atom is -0.206 e. The lowest BCUT2D eigenvalue weighted by Crippen LogP contribution is -2.77. The molecule has 1 aliphatic rings. The van der Waals surface area contributed by atoms with Crippen molar-refractivity contribution in [2.75, 3.05) is 0 Å². The Morgan fingerprint density at radius 1 is 0.302 bits per heavy atom. The van der Waals surface area contributed by atoms with Gasteiger partial charge in [0.15, 0.2) is 0 Å². The monoisotopic (exact) mass is 1210 g/mol. The summed E-state index contributed by atoms with van der Waals surface area (Å²) in [7, 11) is -6.06. The van der Waals surface area contributed by atoms with E-state index in [1.165, 1.54) is 115 Å². The molecule has 4 unspecified atom stereocenters. The Morgan fingerprint density at radius 3 is 0.779 bits per heavy atom. The maximum absolute atomic E-state index is 14.0. The lowest BCUT2D eigenvalue weighted by molar-refractivity contribution is -0.107. The minimum absolute atomic E-state index is 0.286. The van der Waals surface area contributed by atoms with Gasteiger partial charge in [0.25, 0.3) is 0 Å². The van der Waals surface area contributed by atoms with Gasteiger partial charge in [-0.25, -0.2) is 8.78 Å². The average Bonchev–Trinajstić information content (AvgIpc) is 2.95. The molecule has 9 rings (SSSR count). The third-order valence-corrected chi connectivity index (χ3v) is 23.4. The van der Waals surface area contributed by atoms with Crippen LogP contribution in [-0.2, 0) is 0 Å². The number of halogens is 8. The van der Waals surface area contributed by atoms with Crippen molar-refractivity contribution >= 4 is 30.2 Å². The second-order valence-electron chi connectivity index (χ2n) is 24.6. The van der Waals surface area contributed by atoms with Crippen molar-refractivity contribution in [1.82, 2.24) is 0 Å². The number of rotatable bonds is 6. The van der Waals surface area contributed by atoms with Gasteiger partial charge in [0.2, 0.25) is 0 Å². The first-order valence-electron chi connectivity index (χ1n) is 29.8. The summed E-state index contributed by atoms with van der Waals surface area (Å²) in [5.74, 6) is -7.53. The topological polar surface area (TPSA) is 0 Å². The number of aryl methyl sites for hydroxylation is 12. The summed E-state index contributed by atoms with van der Waals surface area (Å²) >= 11 is 1.83. The zero-order valence-electron chi connectivity index (χ0n) is 54.4. The summed E-state index contributed by atoms with van der Waals surface area (Å²) in [6.07, 6.45) is 2.89. The number of hydrogen-bond acceptors (Lipinski definition) is 1. The molecule has 0 aromatic heterocycles. The van der Waals surface area contributed by atoms with Crippen molar-refractivity contribution in [3.8, 4) is 22.3 Å². The molecular formula is C76H90F8SSi. The third-order valence-electron chi connectivity index (χ3n) is 18.4. The van der Waals surface area contributed by atoms with Crippen LogP contribution in [0.15, 0.2) is 143 Å². The Hall–Kier alpha value is -6.23. The molecule has 4 atom stereocenters. The highest BCUT2D eigenvalue weighted by Gasteiger charge is 2.76. The molecule has 8 aromatic rings. The van der Waals surface area contributed by atoms with E-state index in [4.69, 9.17) is 0 Å². The fraction of sp³-hybridized carbons (Fsp3) is 0.368. The van der Waals surface area contributed by atoms with Crippen molar-refractivity contribution in [2.45, 2.75) is 173 Å². The average molecular weight is 1220 g/mol. The second-order valence-corrected chi connectivity index (χ2v) is 29.6. The number of benzene rings is 8. The summed E-state index contributed by atoms with van der Waals surface area (Å²) in [5.41, 5.74) is 19.7. The van der Waals surface area contributed by atoms with Crippen LogP contribution in [0.5, 0.6) is 0 Å². The van der Waals surface area contributed by atoms with Gasteiger partial charge in [-0.15, -0.1) is 0 Å². The van der Waals surface area contributed by atoms with Crippen molar-refractivity contribution in [1.29, 1.82) is 0 Å². The smallest absolute Gasteiger partial charge is 0.206 e. The van der Waals surface area contributed by atoms with E-state index in [1.807, 2.05) is 11.8 Å². The van der Waals surface area contributed by atoms with Crippen molar-refractivity contribution in [3.63, 3.8) is 0 Å². The van der Waals surface area contributed by atoms with Crippen LogP contribution in [0.4, 0.5) is 35.1 Å². The zero-order chi connectivity index (χ0) is 64.5. The molecule has 10 heteroatoms. The number of hydrogen-bond donors (Lipinski definition) is 0. The van der Waals surface area contributed by atoms with E-state index in [0.29, 0.717) is 44.5 Å². The van der Waals surface area contributed by atoms with E-state index in [9.17, 15) is 35.1 Å². The Balaban J connectivity index is 0.000000203. The van der Waals surface area contributed by atoms with Gasteiger partial charge in [-0.1, -0.05) is 149 Å². The summed E-state index contributed by atoms with van der Waals surface area (Å²) in [5, 5.41) is -1.36. The van der Waals surface area contributed by atoms with E-state index in [2.05, 4.69) is 180 Å². The van der Waals surface area contributed by atoms with E-state index in [-0.39, 0.29) is 11.6 Å². The number of alkyl halides is 6. The molecule has 0 radical (unpaired) electrons. The SMILES string of the molecule is CC1CC(C)C(C)CC1C.Cc1c(C)c(F)c(C)c(C)c1F.Cc1ccc(-c2ccc(-c3ccc(C)c(C)c3)cc2)cc1C.Cc1ccc(Sc2ccc(C)c(C)c2)cc1C.Cc1ccc([Si](c2ccc(C)c(C)c2)(C(F)(F)F)C(F)(F)F)cc1C. The molecule has 1 aliphatic carbocycles. The molecule has 1 saturated carbocycles. The second kappa shape index (κ2) is 29.6. The molecule has 8 aromatic carbocycles. The molecule has 0 spiro atoms. The fourth-order valence-electron chi connectivity index (χ4n) is 10.6. The van der Waals surface area contributed by atoms with Crippen LogP contribution in [0.1, 0.15) is 130 Å².